The number of hydrogen-bond donors (Lipinski definition) is 3. The number of thioether (sulfide) groups is 1. The number of dihydropyridines is 1. The first-order valence-corrected chi connectivity index (χ1v) is 12.4. The van der Waals surface area contributed by atoms with Crippen LogP contribution in [-0.2, 0) is 9.59 Å². The molecule has 0 radical (unpaired) electrons. The summed E-state index contributed by atoms with van der Waals surface area (Å²) in [5, 5.41) is 19.5. The highest BCUT2D eigenvalue weighted by Crippen LogP contribution is 2.41. The molecule has 9 heteroatoms. The molecule has 7 nitrogen and oxygen atoms in total. The number of nitrogens with zero attached hydrogens (tertiary/aromatic N) is 1. The minimum atomic E-state index is -0.711. The average Bonchev–Trinajstić information content (AvgIpc) is 3.39. The fourth-order valence-corrected chi connectivity index (χ4v) is 4.81. The maximum Gasteiger partial charge on any atom is 0.254 e. The molecule has 2 aromatic carbocycles. The van der Waals surface area contributed by atoms with E-state index < -0.39 is 5.92 Å². The molecule has 35 heavy (non-hydrogen) atoms. The summed E-state index contributed by atoms with van der Waals surface area (Å²) in [6.07, 6.45) is 1.51. The zero-order valence-electron chi connectivity index (χ0n) is 18.7. The summed E-state index contributed by atoms with van der Waals surface area (Å²) in [6.45, 7) is 1.77. The number of amides is 2. The Bertz CT molecular complexity index is 1330. The van der Waals surface area contributed by atoms with Gasteiger partial charge in [-0.2, -0.15) is 5.26 Å². The third-order valence-electron chi connectivity index (χ3n) is 5.23. The Morgan fingerprint density at radius 1 is 1.06 bits per heavy atom. The number of nitrogens with one attached hydrogen (secondary N) is 3. The first-order valence-electron chi connectivity index (χ1n) is 10.7. The van der Waals surface area contributed by atoms with Gasteiger partial charge in [-0.05, 0) is 55.5 Å². The van der Waals surface area contributed by atoms with E-state index in [9.17, 15) is 14.9 Å². The van der Waals surface area contributed by atoms with Crippen LogP contribution in [0, 0.1) is 11.3 Å². The lowest BCUT2D eigenvalue weighted by molar-refractivity contribution is -0.114. The Kier molecular flexibility index (Phi) is 7.75. The number of benzene rings is 2. The van der Waals surface area contributed by atoms with Crippen molar-refractivity contribution in [2.45, 2.75) is 12.8 Å². The summed E-state index contributed by atoms with van der Waals surface area (Å²) in [4.78, 5) is 25.8. The van der Waals surface area contributed by atoms with Crippen LogP contribution >= 0.6 is 27.7 Å². The van der Waals surface area contributed by atoms with Gasteiger partial charge in [0.25, 0.3) is 5.91 Å². The van der Waals surface area contributed by atoms with E-state index in [0.29, 0.717) is 39.0 Å². The molecule has 0 spiro atoms. The number of carbonyl (C=O) groups is 2. The molecule has 3 aromatic rings. The van der Waals surface area contributed by atoms with E-state index in [2.05, 4.69) is 37.9 Å². The number of hydrogen-bond acceptors (Lipinski definition) is 6. The summed E-state index contributed by atoms with van der Waals surface area (Å²) in [5.41, 5.74) is 2.58. The van der Waals surface area contributed by atoms with Crippen molar-refractivity contribution in [2.24, 2.45) is 0 Å². The molecule has 0 fully saturated rings. The van der Waals surface area contributed by atoms with Gasteiger partial charge in [0.1, 0.15) is 5.76 Å². The number of allylic oxidation sites excluding steroid dienone is 2. The van der Waals surface area contributed by atoms with Crippen molar-refractivity contribution in [2.75, 3.05) is 16.4 Å². The first kappa shape index (κ1) is 24.4. The Morgan fingerprint density at radius 3 is 2.43 bits per heavy atom. The molecular formula is C26H21BrN4O3S. The van der Waals surface area contributed by atoms with Gasteiger partial charge in [0.05, 0.1) is 40.2 Å². The molecule has 3 N–H and O–H groups in total. The lowest BCUT2D eigenvalue weighted by atomic mass is 9.85. The fourth-order valence-electron chi connectivity index (χ4n) is 3.66. The Morgan fingerprint density at radius 2 is 1.77 bits per heavy atom. The number of carbonyl (C=O) groups excluding carboxylic acids is 2. The summed E-state index contributed by atoms with van der Waals surface area (Å²) in [6, 6.07) is 22.0. The molecule has 1 atom stereocenters. The van der Waals surface area contributed by atoms with Crippen molar-refractivity contribution in [3.63, 3.8) is 0 Å². The molecule has 1 aromatic heterocycles. The van der Waals surface area contributed by atoms with Crippen molar-refractivity contribution in [1.82, 2.24) is 5.32 Å². The summed E-state index contributed by atoms with van der Waals surface area (Å²) in [7, 11) is 0. The van der Waals surface area contributed by atoms with E-state index in [1.807, 2.05) is 30.3 Å². The highest BCUT2D eigenvalue weighted by Gasteiger charge is 2.36. The summed E-state index contributed by atoms with van der Waals surface area (Å²) < 4.78 is 6.54. The lowest BCUT2D eigenvalue weighted by Gasteiger charge is -2.28. The van der Waals surface area contributed by atoms with Crippen molar-refractivity contribution < 1.29 is 14.0 Å². The van der Waals surface area contributed by atoms with E-state index >= 15 is 0 Å². The van der Waals surface area contributed by atoms with Crippen LogP contribution in [-0.4, -0.2) is 17.6 Å². The largest absolute Gasteiger partial charge is 0.468 e. The number of nitriles is 1. The molecule has 2 amide bonds. The molecule has 0 bridgehead atoms. The molecule has 176 valence electrons. The van der Waals surface area contributed by atoms with Crippen LogP contribution in [0.3, 0.4) is 0 Å². The predicted octanol–water partition coefficient (Wildman–Crippen LogP) is 5.75. The van der Waals surface area contributed by atoms with Crippen molar-refractivity contribution in [1.29, 1.82) is 5.26 Å². The number of rotatable bonds is 7. The number of halogens is 1. The van der Waals surface area contributed by atoms with Gasteiger partial charge < -0.3 is 20.4 Å². The van der Waals surface area contributed by atoms with E-state index in [0.717, 1.165) is 4.47 Å². The van der Waals surface area contributed by atoms with Crippen LogP contribution in [0.5, 0.6) is 0 Å². The molecule has 0 saturated carbocycles. The minimum Gasteiger partial charge on any atom is -0.468 e. The smallest absolute Gasteiger partial charge is 0.254 e. The Labute approximate surface area is 215 Å². The SMILES string of the molecule is CC1=C(C(=O)Nc2ccccc2)[C@H](c2ccco2)C(C#N)=C(SCC(=O)Nc2ccc(Br)cc2)N1. The first-order chi connectivity index (χ1) is 17.0. The van der Waals surface area contributed by atoms with Gasteiger partial charge in [-0.15, -0.1) is 0 Å². The van der Waals surface area contributed by atoms with Crippen molar-refractivity contribution >= 4 is 50.9 Å². The van der Waals surface area contributed by atoms with Crippen molar-refractivity contribution in [3.8, 4) is 6.07 Å². The highest BCUT2D eigenvalue weighted by atomic mass is 79.9. The van der Waals surface area contributed by atoms with Gasteiger partial charge in [0, 0.05) is 21.5 Å². The zero-order chi connectivity index (χ0) is 24.8. The van der Waals surface area contributed by atoms with Crippen LogP contribution in [0.4, 0.5) is 11.4 Å². The number of furan rings is 1. The monoisotopic (exact) mass is 548 g/mol. The van der Waals surface area contributed by atoms with Crippen LogP contribution in [0.15, 0.2) is 104 Å². The highest BCUT2D eigenvalue weighted by molar-refractivity contribution is 9.10. The number of anilines is 2. The molecule has 1 aliphatic heterocycles. The molecule has 0 saturated heterocycles. The van der Waals surface area contributed by atoms with Gasteiger partial charge in [-0.25, -0.2) is 0 Å². The second-order valence-electron chi connectivity index (χ2n) is 7.63. The number of para-hydroxylation sites is 1. The standard InChI is InChI=1S/C26H21BrN4O3S/c1-16-23(25(33)31-18-6-3-2-4-7-18)24(21-8-5-13-34-21)20(14-28)26(29-16)35-15-22(32)30-19-11-9-17(27)10-12-19/h2-13,24,29H,15H2,1H3,(H,30,32)(H,31,33)/t24-/m0/s1. The van der Waals surface area contributed by atoms with E-state index in [4.69, 9.17) is 4.42 Å². The second-order valence-corrected chi connectivity index (χ2v) is 9.53. The molecule has 0 aliphatic carbocycles. The van der Waals surface area contributed by atoms with Gasteiger partial charge >= 0.3 is 0 Å². The molecule has 1 aliphatic rings. The third-order valence-corrected chi connectivity index (χ3v) is 6.77. The van der Waals surface area contributed by atoms with Crippen LogP contribution in [0.2, 0.25) is 0 Å². The maximum atomic E-state index is 13.3. The van der Waals surface area contributed by atoms with Gasteiger partial charge in [-0.3, -0.25) is 9.59 Å². The minimum absolute atomic E-state index is 0.0767. The van der Waals surface area contributed by atoms with E-state index in [1.54, 1.807) is 43.3 Å². The van der Waals surface area contributed by atoms with Crippen LogP contribution in [0.1, 0.15) is 18.6 Å². The molecule has 4 rings (SSSR count). The average molecular weight is 549 g/mol. The second kappa shape index (κ2) is 11.1. The van der Waals surface area contributed by atoms with Crippen molar-refractivity contribution in [3.05, 3.63) is 105 Å². The van der Waals surface area contributed by atoms with E-state index in [-0.39, 0.29) is 17.6 Å². The van der Waals surface area contributed by atoms with Gasteiger partial charge in [-0.1, -0.05) is 45.9 Å². The summed E-state index contributed by atoms with van der Waals surface area (Å²) >= 11 is 4.57. The van der Waals surface area contributed by atoms with Crippen LogP contribution in [0.25, 0.3) is 0 Å². The van der Waals surface area contributed by atoms with Crippen LogP contribution < -0.4 is 16.0 Å². The molecular weight excluding hydrogens is 528 g/mol. The predicted molar refractivity (Wildman–Crippen MR) is 140 cm³/mol. The quantitative estimate of drug-likeness (QED) is 0.347. The Hall–Kier alpha value is -3.74. The fraction of sp³-hybridized carbons (Fsp3) is 0.115. The topological polar surface area (TPSA) is 107 Å². The normalized spacial score (nSPS) is 15.3. The third kappa shape index (κ3) is 5.85. The van der Waals surface area contributed by atoms with Gasteiger partial charge in [0.2, 0.25) is 5.91 Å². The maximum absolute atomic E-state index is 13.3. The summed E-state index contributed by atoms with van der Waals surface area (Å²) in [5.74, 6) is -0.720. The Balaban J connectivity index is 1.57. The van der Waals surface area contributed by atoms with E-state index in [1.165, 1.54) is 18.0 Å². The van der Waals surface area contributed by atoms with Gasteiger partial charge in [0.15, 0.2) is 0 Å². The zero-order valence-corrected chi connectivity index (χ0v) is 21.1. The molecule has 2 heterocycles. The molecule has 0 unspecified atom stereocenters. The lowest BCUT2D eigenvalue weighted by Crippen LogP contribution is -2.31.